The molecule has 0 bridgehead atoms. The van der Waals surface area contributed by atoms with Crippen LogP contribution in [0.4, 0.5) is 5.82 Å². The Kier molecular flexibility index (Phi) is 6.18. The summed E-state index contributed by atoms with van der Waals surface area (Å²) in [5.41, 5.74) is 5.70. The van der Waals surface area contributed by atoms with Crippen LogP contribution >= 0.6 is 11.8 Å². The standard InChI is InChI=1S/C11H19N3OS/c1-3-4-5-6-16-11-7-9(12)13-10(14-11)8-15-2/h7H,3-6,8H2,1-2H3,(H2,12,13,14). The van der Waals surface area contributed by atoms with Gasteiger partial charge in [0.05, 0.1) is 0 Å². The third-order valence-electron chi connectivity index (χ3n) is 2.04. The zero-order valence-corrected chi connectivity index (χ0v) is 10.7. The van der Waals surface area contributed by atoms with Crippen LogP contribution in [0.2, 0.25) is 0 Å². The first-order valence-corrected chi connectivity index (χ1v) is 6.50. The van der Waals surface area contributed by atoms with Gasteiger partial charge in [-0.05, 0) is 12.2 Å². The van der Waals surface area contributed by atoms with Gasteiger partial charge in [0.25, 0.3) is 0 Å². The van der Waals surface area contributed by atoms with E-state index in [9.17, 15) is 0 Å². The maximum absolute atomic E-state index is 5.70. The Balaban J connectivity index is 2.51. The fourth-order valence-electron chi connectivity index (χ4n) is 1.29. The smallest absolute Gasteiger partial charge is 0.157 e. The lowest BCUT2D eigenvalue weighted by Crippen LogP contribution is -2.02. The van der Waals surface area contributed by atoms with Crippen LogP contribution in [0.25, 0.3) is 0 Å². The maximum Gasteiger partial charge on any atom is 0.157 e. The van der Waals surface area contributed by atoms with Gasteiger partial charge in [-0.3, -0.25) is 0 Å². The van der Waals surface area contributed by atoms with Crippen LogP contribution < -0.4 is 5.73 Å². The number of methoxy groups -OCH3 is 1. The highest BCUT2D eigenvalue weighted by molar-refractivity contribution is 7.99. The van der Waals surface area contributed by atoms with Gasteiger partial charge in [-0.2, -0.15) is 0 Å². The van der Waals surface area contributed by atoms with Crippen molar-refractivity contribution in [3.8, 4) is 0 Å². The first-order valence-electron chi connectivity index (χ1n) is 5.51. The number of hydrogen-bond donors (Lipinski definition) is 1. The van der Waals surface area contributed by atoms with E-state index in [2.05, 4.69) is 16.9 Å². The minimum absolute atomic E-state index is 0.410. The normalized spacial score (nSPS) is 10.6. The van der Waals surface area contributed by atoms with Crippen molar-refractivity contribution in [3.63, 3.8) is 0 Å². The van der Waals surface area contributed by atoms with Crippen molar-refractivity contribution >= 4 is 17.6 Å². The molecular weight excluding hydrogens is 222 g/mol. The van der Waals surface area contributed by atoms with E-state index >= 15 is 0 Å². The molecule has 5 heteroatoms. The number of aromatic nitrogens is 2. The maximum atomic E-state index is 5.70. The minimum atomic E-state index is 0.410. The molecule has 0 fully saturated rings. The first kappa shape index (κ1) is 13.3. The molecule has 2 N–H and O–H groups in total. The van der Waals surface area contributed by atoms with Gasteiger partial charge < -0.3 is 10.5 Å². The Morgan fingerprint density at radius 3 is 2.88 bits per heavy atom. The first-order chi connectivity index (χ1) is 7.76. The lowest BCUT2D eigenvalue weighted by molar-refractivity contribution is 0.177. The fourth-order valence-corrected chi connectivity index (χ4v) is 2.22. The van der Waals surface area contributed by atoms with Crippen molar-refractivity contribution < 1.29 is 4.74 Å². The minimum Gasteiger partial charge on any atom is -0.384 e. The fraction of sp³-hybridized carbons (Fsp3) is 0.636. The number of rotatable bonds is 7. The van der Waals surface area contributed by atoms with Crippen molar-refractivity contribution in [1.29, 1.82) is 0 Å². The predicted molar refractivity (Wildman–Crippen MR) is 67.4 cm³/mol. The molecule has 1 aromatic rings. The van der Waals surface area contributed by atoms with Crippen LogP contribution in [-0.4, -0.2) is 22.8 Å². The molecule has 0 aliphatic heterocycles. The zero-order valence-electron chi connectivity index (χ0n) is 9.90. The topological polar surface area (TPSA) is 61.0 Å². The van der Waals surface area contributed by atoms with Crippen LogP contribution in [0.3, 0.4) is 0 Å². The van der Waals surface area contributed by atoms with Gasteiger partial charge in [0.15, 0.2) is 5.82 Å². The van der Waals surface area contributed by atoms with Crippen molar-refractivity contribution in [1.82, 2.24) is 9.97 Å². The Labute approximate surface area is 101 Å². The summed E-state index contributed by atoms with van der Waals surface area (Å²) in [5, 5.41) is 0.940. The second-order valence-corrected chi connectivity index (χ2v) is 4.65. The number of nitrogens with two attached hydrogens (primary N) is 1. The van der Waals surface area contributed by atoms with E-state index in [0.717, 1.165) is 10.8 Å². The van der Waals surface area contributed by atoms with Gasteiger partial charge >= 0.3 is 0 Å². The average molecular weight is 241 g/mol. The second kappa shape index (κ2) is 7.46. The van der Waals surface area contributed by atoms with Crippen LogP contribution in [0, 0.1) is 0 Å². The summed E-state index contributed by atoms with van der Waals surface area (Å²) in [6, 6.07) is 1.82. The highest BCUT2D eigenvalue weighted by Gasteiger charge is 2.02. The van der Waals surface area contributed by atoms with Gasteiger partial charge in [-0.1, -0.05) is 19.8 Å². The van der Waals surface area contributed by atoms with Crippen LogP contribution in [0.5, 0.6) is 0 Å². The van der Waals surface area contributed by atoms with E-state index in [1.807, 2.05) is 6.07 Å². The molecule has 0 radical (unpaired) electrons. The Morgan fingerprint density at radius 1 is 1.38 bits per heavy atom. The molecule has 0 saturated carbocycles. The van der Waals surface area contributed by atoms with Crippen LogP contribution in [0.1, 0.15) is 32.0 Å². The number of nitrogens with zero attached hydrogens (tertiary/aromatic N) is 2. The van der Waals surface area contributed by atoms with Crippen molar-refractivity contribution in [2.45, 2.75) is 37.8 Å². The molecule has 0 aliphatic rings. The molecule has 1 heterocycles. The lowest BCUT2D eigenvalue weighted by Gasteiger charge is -2.04. The summed E-state index contributed by atoms with van der Waals surface area (Å²) < 4.78 is 4.99. The van der Waals surface area contributed by atoms with E-state index in [1.165, 1.54) is 19.3 Å². The highest BCUT2D eigenvalue weighted by Crippen LogP contribution is 2.19. The number of hydrogen-bond acceptors (Lipinski definition) is 5. The Bertz CT molecular complexity index is 320. The molecule has 0 aromatic carbocycles. The van der Waals surface area contributed by atoms with Crippen molar-refractivity contribution in [2.75, 3.05) is 18.6 Å². The summed E-state index contributed by atoms with van der Waals surface area (Å²) in [7, 11) is 1.63. The molecule has 0 spiro atoms. The summed E-state index contributed by atoms with van der Waals surface area (Å²) in [6.07, 6.45) is 3.71. The molecule has 1 rings (SSSR count). The van der Waals surface area contributed by atoms with Gasteiger partial charge in [0, 0.05) is 13.2 Å². The molecule has 90 valence electrons. The summed E-state index contributed by atoms with van der Waals surface area (Å²) in [6.45, 7) is 2.61. The largest absolute Gasteiger partial charge is 0.384 e. The number of thioether (sulfide) groups is 1. The molecule has 0 aliphatic carbocycles. The van der Waals surface area contributed by atoms with E-state index in [0.29, 0.717) is 18.2 Å². The molecular formula is C11H19N3OS. The van der Waals surface area contributed by atoms with E-state index in [4.69, 9.17) is 10.5 Å². The van der Waals surface area contributed by atoms with Gasteiger partial charge in [-0.25, -0.2) is 9.97 Å². The van der Waals surface area contributed by atoms with Crippen molar-refractivity contribution in [3.05, 3.63) is 11.9 Å². The number of anilines is 1. The lowest BCUT2D eigenvalue weighted by atomic mass is 10.3. The highest BCUT2D eigenvalue weighted by atomic mass is 32.2. The molecule has 0 amide bonds. The van der Waals surface area contributed by atoms with Crippen LogP contribution in [-0.2, 0) is 11.3 Å². The Hall–Kier alpha value is -0.810. The summed E-state index contributed by atoms with van der Waals surface area (Å²) in [4.78, 5) is 8.46. The van der Waals surface area contributed by atoms with Gasteiger partial charge in [0.2, 0.25) is 0 Å². The zero-order chi connectivity index (χ0) is 11.8. The third kappa shape index (κ3) is 4.81. The summed E-state index contributed by atoms with van der Waals surface area (Å²) in [5.74, 6) is 2.25. The molecule has 1 aromatic heterocycles. The molecule has 0 saturated heterocycles. The number of ether oxygens (including phenoxy) is 1. The van der Waals surface area contributed by atoms with E-state index in [-0.39, 0.29) is 0 Å². The molecule has 16 heavy (non-hydrogen) atoms. The number of unbranched alkanes of at least 4 members (excludes halogenated alkanes) is 2. The quantitative estimate of drug-likeness (QED) is 0.451. The van der Waals surface area contributed by atoms with Gasteiger partial charge in [0.1, 0.15) is 17.5 Å². The molecule has 0 unspecified atom stereocenters. The Morgan fingerprint density at radius 2 is 2.19 bits per heavy atom. The predicted octanol–water partition coefficient (Wildman–Crippen LogP) is 2.49. The monoisotopic (exact) mass is 241 g/mol. The molecule has 0 atom stereocenters. The number of nitrogen functional groups attached to an aromatic ring is 1. The second-order valence-electron chi connectivity index (χ2n) is 3.54. The molecule has 4 nitrogen and oxygen atoms in total. The van der Waals surface area contributed by atoms with Crippen molar-refractivity contribution in [2.24, 2.45) is 0 Å². The summed E-state index contributed by atoms with van der Waals surface area (Å²) >= 11 is 1.73. The third-order valence-corrected chi connectivity index (χ3v) is 3.04. The van der Waals surface area contributed by atoms with Gasteiger partial charge in [-0.15, -0.1) is 11.8 Å². The SMILES string of the molecule is CCCCCSc1cc(N)nc(COC)n1. The average Bonchev–Trinajstić information content (AvgIpc) is 2.24. The van der Waals surface area contributed by atoms with E-state index in [1.54, 1.807) is 18.9 Å². The van der Waals surface area contributed by atoms with E-state index < -0.39 is 0 Å². The van der Waals surface area contributed by atoms with Crippen LogP contribution in [0.15, 0.2) is 11.1 Å².